The smallest absolute Gasteiger partial charge is 0.235 e. The average Bonchev–Trinajstić information content (AvgIpc) is 3.18. The van der Waals surface area contributed by atoms with Crippen LogP contribution in [0.5, 0.6) is 11.5 Å². The number of nitrogens with zero attached hydrogens (tertiary/aromatic N) is 1. The Bertz CT molecular complexity index is 500. The molecule has 0 spiro atoms. The molecule has 4 heteroatoms. The maximum absolute atomic E-state index is 10.6. The second kappa shape index (κ2) is 4.83. The van der Waals surface area contributed by atoms with Crippen molar-refractivity contribution in [1.29, 1.82) is 0 Å². The van der Waals surface area contributed by atoms with Gasteiger partial charge >= 0.3 is 0 Å². The molecule has 1 aromatic carbocycles. The van der Waals surface area contributed by atoms with E-state index in [1.165, 1.54) is 0 Å². The molecule has 2 rings (SSSR count). The summed E-state index contributed by atoms with van der Waals surface area (Å²) in [7, 11) is 3.23. The highest BCUT2D eigenvalue weighted by Crippen LogP contribution is 2.52. The van der Waals surface area contributed by atoms with E-state index in [1.54, 1.807) is 20.3 Å². The van der Waals surface area contributed by atoms with Crippen molar-refractivity contribution in [2.24, 2.45) is 4.99 Å². The lowest BCUT2D eigenvalue weighted by Gasteiger charge is -2.17. The zero-order valence-electron chi connectivity index (χ0n) is 10.9. The van der Waals surface area contributed by atoms with Crippen LogP contribution >= 0.6 is 0 Å². The van der Waals surface area contributed by atoms with E-state index < -0.39 is 0 Å². The number of hydrogen-bond acceptors (Lipinski definition) is 4. The molecule has 1 fully saturated rings. The normalized spacial score (nSPS) is 15.7. The van der Waals surface area contributed by atoms with Gasteiger partial charge in [-0.3, -0.25) is 0 Å². The predicted molar refractivity (Wildman–Crippen MR) is 68.0 cm³/mol. The fourth-order valence-electron chi connectivity index (χ4n) is 2.29. The van der Waals surface area contributed by atoms with Crippen molar-refractivity contribution in [3.63, 3.8) is 0 Å². The van der Waals surface area contributed by atoms with Gasteiger partial charge in [0, 0.05) is 0 Å². The Balaban J connectivity index is 2.56. The number of rotatable bonds is 5. The van der Waals surface area contributed by atoms with Gasteiger partial charge in [0.1, 0.15) is 0 Å². The Morgan fingerprint density at radius 1 is 1.28 bits per heavy atom. The molecule has 0 aliphatic heterocycles. The zero-order valence-corrected chi connectivity index (χ0v) is 10.9. The first-order chi connectivity index (χ1) is 8.70. The topological polar surface area (TPSA) is 47.9 Å². The van der Waals surface area contributed by atoms with Crippen LogP contribution < -0.4 is 9.47 Å². The minimum absolute atomic E-state index is 0.368. The Labute approximate surface area is 107 Å². The first-order valence-electron chi connectivity index (χ1n) is 6.05. The van der Waals surface area contributed by atoms with Crippen LogP contribution in [0.3, 0.4) is 0 Å². The standard InChI is InChI=1S/C14H17NO3/c1-4-10-7-12(17-2)13(18-3)8-11(10)14(5-6-14)15-9-16/h7-8H,4-6H2,1-3H3. The second-order valence-corrected chi connectivity index (χ2v) is 4.45. The molecule has 0 bridgehead atoms. The van der Waals surface area contributed by atoms with E-state index >= 15 is 0 Å². The van der Waals surface area contributed by atoms with Crippen molar-refractivity contribution in [2.75, 3.05) is 14.2 Å². The number of aryl methyl sites for hydroxylation is 1. The van der Waals surface area contributed by atoms with Crippen LogP contribution in [0.4, 0.5) is 0 Å². The van der Waals surface area contributed by atoms with Gasteiger partial charge in [0.2, 0.25) is 6.08 Å². The van der Waals surface area contributed by atoms with Crippen molar-refractivity contribution in [3.8, 4) is 11.5 Å². The van der Waals surface area contributed by atoms with Crippen LogP contribution in [0, 0.1) is 0 Å². The van der Waals surface area contributed by atoms with Gasteiger partial charge in [-0.1, -0.05) is 6.92 Å². The molecule has 0 amide bonds. The summed E-state index contributed by atoms with van der Waals surface area (Å²) in [5, 5.41) is 0. The van der Waals surface area contributed by atoms with Gasteiger partial charge < -0.3 is 9.47 Å². The van der Waals surface area contributed by atoms with Gasteiger partial charge in [0.25, 0.3) is 0 Å². The van der Waals surface area contributed by atoms with Crippen LogP contribution in [-0.4, -0.2) is 20.3 Å². The molecule has 1 aliphatic rings. The summed E-state index contributed by atoms with van der Waals surface area (Å²) < 4.78 is 10.6. The predicted octanol–water partition coefficient (Wildman–Crippen LogP) is 2.59. The summed E-state index contributed by atoms with van der Waals surface area (Å²) in [6, 6.07) is 3.90. The summed E-state index contributed by atoms with van der Waals surface area (Å²) in [5.74, 6) is 1.39. The summed E-state index contributed by atoms with van der Waals surface area (Å²) in [5.41, 5.74) is 1.84. The first-order valence-corrected chi connectivity index (χ1v) is 6.05. The molecule has 0 aromatic heterocycles. The highest BCUT2D eigenvalue weighted by Gasteiger charge is 2.46. The molecule has 0 radical (unpaired) electrons. The number of isocyanates is 1. The quantitative estimate of drug-likeness (QED) is 0.593. The Morgan fingerprint density at radius 2 is 1.89 bits per heavy atom. The molecule has 0 unspecified atom stereocenters. The van der Waals surface area contributed by atoms with Gasteiger partial charge in [-0.15, -0.1) is 0 Å². The Hall–Kier alpha value is -1.80. The number of benzene rings is 1. The maximum Gasteiger partial charge on any atom is 0.235 e. The van der Waals surface area contributed by atoms with Crippen LogP contribution in [0.2, 0.25) is 0 Å². The van der Waals surface area contributed by atoms with Gasteiger partial charge in [0.15, 0.2) is 11.5 Å². The molecule has 1 aromatic rings. The van der Waals surface area contributed by atoms with E-state index in [9.17, 15) is 4.79 Å². The molecule has 18 heavy (non-hydrogen) atoms. The molecular weight excluding hydrogens is 230 g/mol. The summed E-state index contributed by atoms with van der Waals surface area (Å²) in [6.45, 7) is 2.07. The zero-order chi connectivity index (χ0) is 13.2. The van der Waals surface area contributed by atoms with Gasteiger partial charge in [-0.05, 0) is 42.5 Å². The largest absolute Gasteiger partial charge is 0.493 e. The van der Waals surface area contributed by atoms with E-state index in [0.29, 0.717) is 11.5 Å². The number of methoxy groups -OCH3 is 2. The molecule has 0 atom stereocenters. The summed E-state index contributed by atoms with van der Waals surface area (Å²) in [6.07, 6.45) is 4.34. The van der Waals surface area contributed by atoms with Crippen molar-refractivity contribution in [2.45, 2.75) is 31.7 Å². The van der Waals surface area contributed by atoms with Crippen molar-refractivity contribution in [3.05, 3.63) is 23.3 Å². The van der Waals surface area contributed by atoms with E-state index in [2.05, 4.69) is 11.9 Å². The van der Waals surface area contributed by atoms with Gasteiger partial charge in [-0.2, -0.15) is 4.99 Å². The lowest BCUT2D eigenvalue weighted by molar-refractivity contribution is 0.353. The number of ether oxygens (including phenoxy) is 2. The van der Waals surface area contributed by atoms with Crippen LogP contribution in [0.15, 0.2) is 17.1 Å². The fraction of sp³-hybridized carbons (Fsp3) is 0.500. The SMILES string of the molecule is CCc1cc(OC)c(OC)cc1C1(N=C=O)CC1. The lowest BCUT2D eigenvalue weighted by atomic mass is 9.96. The van der Waals surface area contributed by atoms with Crippen molar-refractivity contribution < 1.29 is 14.3 Å². The number of hydrogen-bond donors (Lipinski definition) is 0. The van der Waals surface area contributed by atoms with Gasteiger partial charge in [0.05, 0.1) is 19.8 Å². The highest BCUT2D eigenvalue weighted by atomic mass is 16.5. The van der Waals surface area contributed by atoms with E-state index in [-0.39, 0.29) is 5.54 Å². The fourth-order valence-corrected chi connectivity index (χ4v) is 2.29. The lowest BCUT2D eigenvalue weighted by Crippen LogP contribution is -2.08. The van der Waals surface area contributed by atoms with Crippen LogP contribution in [0.1, 0.15) is 30.9 Å². The molecule has 0 N–H and O–H groups in total. The molecule has 1 saturated carbocycles. The van der Waals surface area contributed by atoms with Crippen molar-refractivity contribution in [1.82, 2.24) is 0 Å². The Kier molecular flexibility index (Phi) is 3.39. The molecule has 1 aliphatic carbocycles. The third-order valence-electron chi connectivity index (χ3n) is 3.47. The summed E-state index contributed by atoms with van der Waals surface area (Å²) >= 11 is 0. The molecule has 4 nitrogen and oxygen atoms in total. The molecular formula is C14H17NO3. The average molecular weight is 247 g/mol. The third-order valence-corrected chi connectivity index (χ3v) is 3.47. The maximum atomic E-state index is 10.6. The summed E-state index contributed by atoms with van der Waals surface area (Å²) in [4.78, 5) is 14.5. The van der Waals surface area contributed by atoms with Crippen molar-refractivity contribution >= 4 is 6.08 Å². The molecule has 0 saturated heterocycles. The third kappa shape index (κ3) is 2.00. The van der Waals surface area contributed by atoms with Gasteiger partial charge in [-0.25, -0.2) is 4.79 Å². The second-order valence-electron chi connectivity index (χ2n) is 4.45. The van der Waals surface area contributed by atoms with E-state index in [0.717, 1.165) is 30.4 Å². The number of carbonyl (C=O) groups excluding carboxylic acids is 1. The van der Waals surface area contributed by atoms with Crippen LogP contribution in [0.25, 0.3) is 0 Å². The Morgan fingerprint density at radius 3 is 2.33 bits per heavy atom. The van der Waals surface area contributed by atoms with E-state index in [1.807, 2.05) is 12.1 Å². The van der Waals surface area contributed by atoms with Crippen LogP contribution in [-0.2, 0) is 16.8 Å². The number of aliphatic imine (C=N–C) groups is 1. The molecule has 0 heterocycles. The monoisotopic (exact) mass is 247 g/mol. The highest BCUT2D eigenvalue weighted by molar-refractivity contribution is 5.53. The molecule has 96 valence electrons. The van der Waals surface area contributed by atoms with E-state index in [4.69, 9.17) is 9.47 Å². The minimum Gasteiger partial charge on any atom is -0.493 e. The minimum atomic E-state index is -0.368. The first kappa shape index (κ1) is 12.7.